The lowest BCUT2D eigenvalue weighted by atomic mass is 8.39. The van der Waals surface area contributed by atoms with Crippen LogP contribution in [0.2, 0.25) is 0 Å². The van der Waals surface area contributed by atoms with Crippen LogP contribution >= 0.6 is 0 Å². The predicted molar refractivity (Wildman–Crippen MR) is 135 cm³/mol. The fourth-order valence-electron chi connectivity index (χ4n) is 44.5. The summed E-state index contributed by atoms with van der Waals surface area (Å²) in [5.74, 6) is 24.6. The van der Waals surface area contributed by atoms with Gasteiger partial charge in [-0.25, -0.2) is 0 Å². The molecule has 202 valence electrons. The molecule has 29 fully saturated rings. The van der Waals surface area contributed by atoms with E-state index < -0.39 is 0 Å². The van der Waals surface area contributed by atoms with Crippen LogP contribution < -0.4 is 5.73 Å². The molecule has 29 aliphatic carbocycles. The number of hydrogen-bond donors (Lipinski definition) is 1. The Morgan fingerprint density at radius 1 is 0.302 bits per heavy atom. The molecule has 18 spiro atoms. The van der Waals surface area contributed by atoms with Crippen molar-refractivity contribution in [3.63, 3.8) is 0 Å². The van der Waals surface area contributed by atoms with Gasteiger partial charge >= 0.3 is 0 Å². The molecule has 0 aromatic rings. The maximum atomic E-state index is 8.84. The normalized spacial score (nSPS) is 135. The first kappa shape index (κ1) is 15.0. The standard InChI is InChI=1S/C42H29N/c43-36-15-6-1-5-13(6)27-14(5)22-19-10-3-8-17-18-9-4-11-20-23-21-12-2-7-16(15)34(36)26(7,12)32(21)35(23)31(20)25(9,11)29(18)28(17)24(8,10)30(19)33(22,27)41-37(27,36)40(32,34)42(35,41)39(29,31)38(28,30)41/h5-23H,1-4,43H2. The maximum Gasteiger partial charge on any atom is 0.0335 e. The highest BCUT2D eigenvalue weighted by atomic mass is 15.7. The third kappa shape index (κ3) is 0.341. The molecule has 1 heteroatoms. The molecule has 29 rings (SSSR count). The zero-order valence-electron chi connectivity index (χ0n) is 23.9. The minimum atomic E-state index is 0.443. The summed E-state index contributed by atoms with van der Waals surface area (Å²) in [6.07, 6.45) is 7.10. The predicted octanol–water partition coefficient (Wildman–Crippen LogP) is 3.10. The highest BCUT2D eigenvalue weighted by molar-refractivity contribution is 6.09. The van der Waals surface area contributed by atoms with Gasteiger partial charge in [0.25, 0.3) is 0 Å². The van der Waals surface area contributed by atoms with E-state index in [4.69, 9.17) is 5.73 Å². The molecule has 0 amide bonds. The smallest absolute Gasteiger partial charge is 0.0335 e. The summed E-state index contributed by atoms with van der Waals surface area (Å²) in [6.45, 7) is 0. The van der Waals surface area contributed by atoms with Gasteiger partial charge < -0.3 is 5.73 Å². The first-order valence-corrected chi connectivity index (χ1v) is 21.0. The molecule has 43 heavy (non-hydrogen) atoms. The lowest BCUT2D eigenvalue weighted by molar-refractivity contribution is -1.18. The second-order valence-electron chi connectivity index (χ2n) is 27.0. The molecule has 38 unspecified atom stereocenters. The summed E-state index contributed by atoms with van der Waals surface area (Å²) >= 11 is 0. The molecule has 0 aromatic heterocycles. The fraction of sp³-hybridized carbons (Fsp3) is 1.00. The second-order valence-corrected chi connectivity index (χ2v) is 27.0. The Kier molecular flexibility index (Phi) is 0.803. The summed E-state index contributed by atoms with van der Waals surface area (Å²) < 4.78 is 0. The molecule has 0 saturated heterocycles. The van der Waals surface area contributed by atoms with Crippen molar-refractivity contribution in [3.05, 3.63) is 0 Å². The fourth-order valence-corrected chi connectivity index (χ4v) is 44.5. The monoisotopic (exact) mass is 547 g/mol. The van der Waals surface area contributed by atoms with E-state index in [0.29, 0.717) is 5.54 Å². The van der Waals surface area contributed by atoms with Crippen LogP contribution in [0.15, 0.2) is 0 Å². The Labute approximate surface area is 246 Å². The van der Waals surface area contributed by atoms with Crippen LogP contribution in [0.3, 0.4) is 0 Å². The van der Waals surface area contributed by atoms with Crippen molar-refractivity contribution in [2.75, 3.05) is 0 Å². The molecule has 29 saturated carbocycles. The molecule has 0 radical (unpaired) electrons. The molecular weight excluding hydrogens is 518 g/mol. The van der Waals surface area contributed by atoms with E-state index in [0.717, 1.165) is 103 Å². The van der Waals surface area contributed by atoms with E-state index in [1.165, 1.54) is 107 Å². The molecule has 0 aromatic carbocycles. The molecular formula is C42H29N. The number of hydrogen-bond acceptors (Lipinski definition) is 1. The van der Waals surface area contributed by atoms with Gasteiger partial charge in [-0.2, -0.15) is 0 Å². The molecule has 0 bridgehead atoms. The molecule has 1 nitrogen and oxygen atoms in total. The molecule has 2 N–H and O–H groups in total. The first-order valence-electron chi connectivity index (χ1n) is 21.0. The summed E-state index contributed by atoms with van der Waals surface area (Å²) in [6, 6.07) is 0. The molecule has 29 aliphatic rings. The van der Waals surface area contributed by atoms with E-state index in [9.17, 15) is 0 Å². The minimum Gasteiger partial charge on any atom is -0.324 e. The Morgan fingerprint density at radius 2 is 0.721 bits per heavy atom. The third-order valence-corrected chi connectivity index (χ3v) is 35.5. The van der Waals surface area contributed by atoms with E-state index >= 15 is 0 Å². The lowest BCUT2D eigenvalue weighted by Gasteiger charge is -3.63. The zero-order valence-corrected chi connectivity index (χ0v) is 23.9. The largest absolute Gasteiger partial charge is 0.324 e. The maximum absolute atomic E-state index is 8.84. The summed E-state index contributed by atoms with van der Waals surface area (Å²) in [5, 5.41) is 0. The number of fused-ring (bicyclic) bond motifs is 14. The van der Waals surface area contributed by atoms with Crippen LogP contribution in [0, 0.1) is 210 Å². The van der Waals surface area contributed by atoms with Crippen molar-refractivity contribution >= 4 is 0 Å². The highest BCUT2D eigenvalue weighted by Gasteiger charge is 3.65. The topological polar surface area (TPSA) is 26.0 Å². The average molecular weight is 548 g/mol. The van der Waals surface area contributed by atoms with Gasteiger partial charge in [-0.05, 0) is 214 Å². The minimum absolute atomic E-state index is 0.443. The van der Waals surface area contributed by atoms with Crippen LogP contribution in [0.5, 0.6) is 0 Å². The summed E-state index contributed by atoms with van der Waals surface area (Å²) in [4.78, 5) is 0. The van der Waals surface area contributed by atoms with Crippen molar-refractivity contribution in [1.82, 2.24) is 0 Å². The van der Waals surface area contributed by atoms with E-state index in [-0.39, 0.29) is 0 Å². The van der Waals surface area contributed by atoms with Crippen LogP contribution in [0.1, 0.15) is 25.7 Å². The van der Waals surface area contributed by atoms with Gasteiger partial charge in [-0.3, -0.25) is 0 Å². The van der Waals surface area contributed by atoms with Crippen molar-refractivity contribution in [1.29, 1.82) is 0 Å². The molecule has 38 atom stereocenters. The first-order chi connectivity index (χ1) is 21.3. The summed E-state index contributed by atoms with van der Waals surface area (Å²) in [5.41, 5.74) is 27.4. The Hall–Kier alpha value is -0.0400. The molecule has 0 heterocycles. The van der Waals surface area contributed by atoms with Gasteiger partial charge in [-0.1, -0.05) is 0 Å². The van der Waals surface area contributed by atoms with Crippen molar-refractivity contribution < 1.29 is 0 Å². The van der Waals surface area contributed by atoms with Crippen molar-refractivity contribution in [2.24, 2.45) is 216 Å². The summed E-state index contributed by atoms with van der Waals surface area (Å²) in [7, 11) is 0. The third-order valence-electron chi connectivity index (χ3n) is 35.5. The Balaban J connectivity index is 0.961. The quantitative estimate of drug-likeness (QED) is 0.496. The van der Waals surface area contributed by atoms with E-state index in [1.807, 2.05) is 6.42 Å². The van der Waals surface area contributed by atoms with Gasteiger partial charge in [0.05, 0.1) is 0 Å². The van der Waals surface area contributed by atoms with Crippen molar-refractivity contribution in [2.45, 2.75) is 31.2 Å². The van der Waals surface area contributed by atoms with Crippen LogP contribution in [-0.4, -0.2) is 5.54 Å². The highest BCUT2D eigenvalue weighted by Crippen LogP contribution is 3.65. The second kappa shape index (κ2) is 2.30. The van der Waals surface area contributed by atoms with Crippen molar-refractivity contribution in [3.8, 4) is 0 Å². The van der Waals surface area contributed by atoms with Gasteiger partial charge in [0.1, 0.15) is 0 Å². The van der Waals surface area contributed by atoms with Crippen LogP contribution in [0.4, 0.5) is 0 Å². The van der Waals surface area contributed by atoms with Crippen LogP contribution in [-0.2, 0) is 0 Å². The van der Waals surface area contributed by atoms with Gasteiger partial charge in [-0.15, -0.1) is 0 Å². The SMILES string of the molecule is NC12C3C4CC5C4C46C5C5C7C8CC9C%10C%11C%12CC%13C%14C%15C%16C%17CC%18C3C13C%18%17C%161C%15%16C%14%15C%12%13C%11%12C%10%11C98C78C54C45C26C31C%164C%12%15C%1185. The van der Waals surface area contributed by atoms with Gasteiger partial charge in [0.2, 0.25) is 0 Å². The van der Waals surface area contributed by atoms with E-state index in [2.05, 4.69) is 0 Å². The molecule has 0 aliphatic heterocycles. The van der Waals surface area contributed by atoms with Crippen LogP contribution in [0.25, 0.3) is 0 Å². The zero-order chi connectivity index (χ0) is 24.3. The Morgan fingerprint density at radius 3 is 1.35 bits per heavy atom. The number of nitrogens with two attached hydrogens (primary N) is 1. The van der Waals surface area contributed by atoms with Gasteiger partial charge in [0.15, 0.2) is 0 Å². The lowest BCUT2D eigenvalue weighted by Crippen LogP contribution is -3.63. The Bertz CT molecular complexity index is 2610. The van der Waals surface area contributed by atoms with E-state index in [1.54, 1.807) is 19.3 Å². The van der Waals surface area contributed by atoms with Gasteiger partial charge in [0, 0.05) is 27.2 Å². The number of rotatable bonds is 0. The average Bonchev–Trinajstić information content (AvgIpc) is 2.87.